The van der Waals surface area contributed by atoms with Crippen molar-refractivity contribution < 1.29 is 19.1 Å². The minimum Gasteiger partial charge on any atom is -0.497 e. The first kappa shape index (κ1) is 24.6. The van der Waals surface area contributed by atoms with Crippen molar-refractivity contribution in [3.8, 4) is 11.5 Å². The minimum absolute atomic E-state index is 0.00286. The molecule has 34 heavy (non-hydrogen) atoms. The normalized spacial score (nSPS) is 18.1. The van der Waals surface area contributed by atoms with E-state index in [1.54, 1.807) is 18.4 Å². The molecule has 2 aliphatic rings. The Balaban J connectivity index is 1.50. The second-order valence-electron chi connectivity index (χ2n) is 9.74. The van der Waals surface area contributed by atoms with E-state index in [4.69, 9.17) is 9.47 Å². The van der Waals surface area contributed by atoms with Gasteiger partial charge in [0.1, 0.15) is 18.1 Å². The SMILES string of the molecule is COc1cccc(OC[C@@H]2c3ccsc3CCN2C(=O)CN(CC(C)C)C(=O)C2CCCC2)c1. The van der Waals surface area contributed by atoms with Gasteiger partial charge in [0.2, 0.25) is 11.8 Å². The predicted octanol–water partition coefficient (Wildman–Crippen LogP) is 4.94. The van der Waals surface area contributed by atoms with Crippen LogP contribution in [0.15, 0.2) is 35.7 Å². The van der Waals surface area contributed by atoms with Crippen molar-refractivity contribution in [3.05, 3.63) is 46.2 Å². The van der Waals surface area contributed by atoms with Crippen LogP contribution in [0.1, 0.15) is 56.0 Å². The van der Waals surface area contributed by atoms with E-state index in [1.807, 2.05) is 34.1 Å². The molecule has 0 saturated heterocycles. The molecule has 1 atom stereocenters. The van der Waals surface area contributed by atoms with Gasteiger partial charge in [-0.15, -0.1) is 11.3 Å². The fraction of sp³-hybridized carbons (Fsp3) is 0.556. The summed E-state index contributed by atoms with van der Waals surface area (Å²) in [6.45, 7) is 5.96. The lowest BCUT2D eigenvalue weighted by molar-refractivity contribution is -0.145. The van der Waals surface area contributed by atoms with Gasteiger partial charge in [-0.2, -0.15) is 0 Å². The molecule has 1 aromatic carbocycles. The molecule has 1 fully saturated rings. The van der Waals surface area contributed by atoms with Crippen molar-refractivity contribution in [1.29, 1.82) is 0 Å². The third kappa shape index (κ3) is 5.74. The van der Waals surface area contributed by atoms with Crippen molar-refractivity contribution in [2.75, 3.05) is 33.4 Å². The van der Waals surface area contributed by atoms with E-state index in [9.17, 15) is 9.59 Å². The van der Waals surface area contributed by atoms with Gasteiger partial charge in [0.15, 0.2) is 0 Å². The summed E-state index contributed by atoms with van der Waals surface area (Å²) in [5, 5.41) is 2.09. The molecule has 7 heteroatoms. The fourth-order valence-electron chi connectivity index (χ4n) is 5.10. The van der Waals surface area contributed by atoms with Crippen LogP contribution in [0.2, 0.25) is 0 Å². The first-order chi connectivity index (χ1) is 16.5. The Morgan fingerprint density at radius 1 is 1.18 bits per heavy atom. The Kier molecular flexibility index (Phi) is 8.14. The molecule has 4 rings (SSSR count). The molecule has 2 aromatic rings. The Bertz CT molecular complexity index is 983. The van der Waals surface area contributed by atoms with Crippen LogP contribution < -0.4 is 9.47 Å². The molecule has 2 heterocycles. The molecule has 1 aliphatic heterocycles. The number of benzene rings is 1. The number of fused-ring (bicyclic) bond motifs is 1. The molecule has 0 spiro atoms. The minimum atomic E-state index is -0.170. The second kappa shape index (κ2) is 11.3. The lowest BCUT2D eigenvalue weighted by Gasteiger charge is -2.37. The number of thiophene rings is 1. The van der Waals surface area contributed by atoms with Crippen LogP contribution in [0.5, 0.6) is 11.5 Å². The van der Waals surface area contributed by atoms with E-state index in [1.165, 1.54) is 4.88 Å². The van der Waals surface area contributed by atoms with Gasteiger partial charge in [0, 0.05) is 30.0 Å². The lowest BCUT2D eigenvalue weighted by atomic mass is 10.00. The largest absolute Gasteiger partial charge is 0.497 e. The molecule has 0 radical (unpaired) electrons. The van der Waals surface area contributed by atoms with Gasteiger partial charge in [-0.05, 0) is 54.3 Å². The van der Waals surface area contributed by atoms with Crippen LogP contribution in [0, 0.1) is 11.8 Å². The van der Waals surface area contributed by atoms with Gasteiger partial charge in [-0.25, -0.2) is 0 Å². The zero-order valence-electron chi connectivity index (χ0n) is 20.5. The van der Waals surface area contributed by atoms with Crippen LogP contribution in [-0.2, 0) is 16.0 Å². The maximum Gasteiger partial charge on any atom is 0.242 e. The van der Waals surface area contributed by atoms with Gasteiger partial charge < -0.3 is 19.3 Å². The zero-order chi connectivity index (χ0) is 24.1. The highest BCUT2D eigenvalue weighted by Gasteiger charge is 2.35. The van der Waals surface area contributed by atoms with E-state index in [0.29, 0.717) is 31.4 Å². The van der Waals surface area contributed by atoms with E-state index in [0.717, 1.165) is 43.4 Å². The van der Waals surface area contributed by atoms with Crippen LogP contribution in [0.25, 0.3) is 0 Å². The van der Waals surface area contributed by atoms with Gasteiger partial charge in [-0.3, -0.25) is 9.59 Å². The molecule has 184 valence electrons. The second-order valence-corrected chi connectivity index (χ2v) is 10.7. The highest BCUT2D eigenvalue weighted by atomic mass is 32.1. The lowest BCUT2D eigenvalue weighted by Crippen LogP contribution is -2.49. The summed E-state index contributed by atoms with van der Waals surface area (Å²) in [6.07, 6.45) is 4.95. The van der Waals surface area contributed by atoms with Crippen LogP contribution >= 0.6 is 11.3 Å². The highest BCUT2D eigenvalue weighted by Crippen LogP contribution is 2.34. The summed E-state index contributed by atoms with van der Waals surface area (Å²) < 4.78 is 11.5. The Labute approximate surface area is 206 Å². The van der Waals surface area contributed by atoms with E-state index in [-0.39, 0.29) is 30.3 Å². The van der Waals surface area contributed by atoms with Crippen LogP contribution in [-0.4, -0.2) is 55.0 Å². The average Bonchev–Trinajstić information content (AvgIpc) is 3.53. The summed E-state index contributed by atoms with van der Waals surface area (Å²) in [7, 11) is 1.63. The quantitative estimate of drug-likeness (QED) is 0.506. The monoisotopic (exact) mass is 484 g/mol. The zero-order valence-corrected chi connectivity index (χ0v) is 21.3. The fourth-order valence-corrected chi connectivity index (χ4v) is 6.03. The summed E-state index contributed by atoms with van der Waals surface area (Å²) in [5.74, 6) is 1.99. The molecular formula is C27H36N2O4S. The summed E-state index contributed by atoms with van der Waals surface area (Å²) in [6, 6.07) is 9.47. The smallest absolute Gasteiger partial charge is 0.242 e. The molecule has 1 saturated carbocycles. The molecule has 0 N–H and O–H groups in total. The number of amides is 2. The number of hydrogen-bond donors (Lipinski definition) is 0. The highest BCUT2D eigenvalue weighted by molar-refractivity contribution is 7.10. The molecule has 0 unspecified atom stereocenters. The number of hydrogen-bond acceptors (Lipinski definition) is 5. The number of ether oxygens (including phenoxy) is 2. The van der Waals surface area contributed by atoms with Crippen LogP contribution in [0.3, 0.4) is 0 Å². The molecule has 0 bridgehead atoms. The van der Waals surface area contributed by atoms with Gasteiger partial charge in [-0.1, -0.05) is 32.8 Å². The number of carbonyl (C=O) groups excluding carboxylic acids is 2. The standard InChI is InChI=1S/C27H36N2O4S/c1-19(2)16-28(27(31)20-7-4-5-8-20)17-26(30)29-13-11-25-23(12-14-34-25)24(29)18-33-22-10-6-9-21(15-22)32-3/h6,9-10,12,14-15,19-20,24H,4-5,7-8,11,13,16-18H2,1-3H3/t24-/m1/s1. The van der Waals surface area contributed by atoms with Crippen LogP contribution in [0.4, 0.5) is 0 Å². The molecule has 1 aliphatic carbocycles. The maximum atomic E-state index is 13.6. The predicted molar refractivity (Wildman–Crippen MR) is 134 cm³/mol. The number of nitrogens with zero attached hydrogens (tertiary/aromatic N) is 2. The van der Waals surface area contributed by atoms with Crippen molar-refractivity contribution in [1.82, 2.24) is 9.80 Å². The van der Waals surface area contributed by atoms with Gasteiger partial charge in [0.25, 0.3) is 0 Å². The number of carbonyl (C=O) groups is 2. The van der Waals surface area contributed by atoms with E-state index < -0.39 is 0 Å². The topological polar surface area (TPSA) is 59.1 Å². The first-order valence-corrected chi connectivity index (χ1v) is 13.3. The molecular weight excluding hydrogens is 448 g/mol. The van der Waals surface area contributed by atoms with Crippen molar-refractivity contribution >= 4 is 23.2 Å². The Hall–Kier alpha value is -2.54. The summed E-state index contributed by atoms with van der Waals surface area (Å²) in [5.41, 5.74) is 1.16. The van der Waals surface area contributed by atoms with Crippen molar-refractivity contribution in [3.63, 3.8) is 0 Å². The van der Waals surface area contributed by atoms with E-state index in [2.05, 4.69) is 25.3 Å². The van der Waals surface area contributed by atoms with Crippen molar-refractivity contribution in [2.45, 2.75) is 52.0 Å². The van der Waals surface area contributed by atoms with Gasteiger partial charge in [0.05, 0.1) is 19.7 Å². The first-order valence-electron chi connectivity index (χ1n) is 12.4. The third-order valence-corrected chi connectivity index (χ3v) is 7.79. The van der Waals surface area contributed by atoms with Gasteiger partial charge >= 0.3 is 0 Å². The van der Waals surface area contributed by atoms with E-state index >= 15 is 0 Å². The molecule has 2 amide bonds. The Morgan fingerprint density at radius 3 is 2.68 bits per heavy atom. The Morgan fingerprint density at radius 2 is 1.94 bits per heavy atom. The number of rotatable bonds is 9. The average molecular weight is 485 g/mol. The number of methoxy groups -OCH3 is 1. The molecule has 6 nitrogen and oxygen atoms in total. The summed E-state index contributed by atoms with van der Waals surface area (Å²) in [4.78, 5) is 31.9. The summed E-state index contributed by atoms with van der Waals surface area (Å²) >= 11 is 1.74. The maximum absolute atomic E-state index is 13.6. The molecule has 1 aromatic heterocycles. The third-order valence-electron chi connectivity index (χ3n) is 6.79. The van der Waals surface area contributed by atoms with Crippen molar-refractivity contribution in [2.24, 2.45) is 11.8 Å².